The first kappa shape index (κ1) is 15.0. The number of aryl methyl sites for hydroxylation is 1. The van der Waals surface area contributed by atoms with Crippen LogP contribution in [0.4, 0.5) is 0 Å². The predicted molar refractivity (Wildman–Crippen MR) is 78.8 cm³/mol. The highest BCUT2D eigenvalue weighted by Gasteiger charge is 2.22. The average molecular weight is 295 g/mol. The van der Waals surface area contributed by atoms with Crippen LogP contribution in [0.25, 0.3) is 0 Å². The van der Waals surface area contributed by atoms with Gasteiger partial charge in [0, 0.05) is 30.8 Å². The topological polar surface area (TPSA) is 57.6 Å². The van der Waals surface area contributed by atoms with E-state index < -0.39 is 5.97 Å². The molecule has 1 aromatic heterocycles. The molecule has 1 aliphatic heterocycles. The maximum Gasteiger partial charge on any atom is 0.303 e. The molecule has 1 aromatic rings. The summed E-state index contributed by atoms with van der Waals surface area (Å²) < 4.78 is 0. The summed E-state index contributed by atoms with van der Waals surface area (Å²) in [6.07, 6.45) is 4.29. The zero-order valence-corrected chi connectivity index (χ0v) is 12.4. The van der Waals surface area contributed by atoms with E-state index in [2.05, 4.69) is 6.07 Å². The molecule has 0 spiro atoms. The quantitative estimate of drug-likeness (QED) is 0.878. The number of aliphatic carboxylic acids is 1. The summed E-state index contributed by atoms with van der Waals surface area (Å²) in [6, 6.07) is 4.08. The first-order chi connectivity index (χ1) is 9.65. The molecule has 1 fully saturated rings. The van der Waals surface area contributed by atoms with Crippen LogP contribution >= 0.6 is 11.3 Å². The summed E-state index contributed by atoms with van der Waals surface area (Å²) in [5.74, 6) is -0.0259. The third-order valence-corrected chi connectivity index (χ3v) is 4.84. The summed E-state index contributed by atoms with van der Waals surface area (Å²) in [6.45, 7) is 1.57. The second-order valence-electron chi connectivity index (χ2n) is 5.34. The van der Waals surface area contributed by atoms with Gasteiger partial charge in [-0.2, -0.15) is 0 Å². The number of thiophene rings is 1. The molecule has 0 radical (unpaired) electrons. The molecule has 5 heteroatoms. The minimum atomic E-state index is -0.723. The minimum Gasteiger partial charge on any atom is -0.481 e. The number of carboxylic acids is 1. The Morgan fingerprint density at radius 1 is 1.30 bits per heavy atom. The molecule has 2 rings (SSSR count). The molecule has 0 aromatic carbocycles. The molecule has 1 amide bonds. The van der Waals surface area contributed by atoms with Gasteiger partial charge < -0.3 is 10.0 Å². The van der Waals surface area contributed by atoms with Crippen LogP contribution in [0.3, 0.4) is 0 Å². The van der Waals surface area contributed by atoms with Crippen molar-refractivity contribution in [2.24, 2.45) is 5.92 Å². The summed E-state index contributed by atoms with van der Waals surface area (Å²) in [7, 11) is 0. The van der Waals surface area contributed by atoms with Crippen molar-refractivity contribution in [2.75, 3.05) is 13.1 Å². The van der Waals surface area contributed by atoms with Gasteiger partial charge in [0.05, 0.1) is 0 Å². The van der Waals surface area contributed by atoms with Crippen LogP contribution < -0.4 is 0 Å². The van der Waals surface area contributed by atoms with E-state index in [1.807, 2.05) is 16.3 Å². The molecule has 2 heterocycles. The lowest BCUT2D eigenvalue weighted by Crippen LogP contribution is -2.38. The molecule has 0 aliphatic carbocycles. The molecular formula is C15H21NO3S. The Hall–Kier alpha value is -1.36. The van der Waals surface area contributed by atoms with Crippen molar-refractivity contribution >= 4 is 23.2 Å². The van der Waals surface area contributed by atoms with E-state index in [4.69, 9.17) is 5.11 Å². The number of amides is 1. The van der Waals surface area contributed by atoms with E-state index >= 15 is 0 Å². The number of hydrogen-bond donors (Lipinski definition) is 1. The lowest BCUT2D eigenvalue weighted by Gasteiger charge is -2.32. The number of hydrogen-bond acceptors (Lipinski definition) is 3. The molecule has 1 saturated heterocycles. The van der Waals surface area contributed by atoms with Crippen LogP contribution in [-0.2, 0) is 16.0 Å². The monoisotopic (exact) mass is 295 g/mol. The second-order valence-corrected chi connectivity index (χ2v) is 6.37. The minimum absolute atomic E-state index is 0.232. The van der Waals surface area contributed by atoms with Crippen LogP contribution in [0.1, 0.15) is 37.0 Å². The molecule has 1 aliphatic rings. The Bertz CT molecular complexity index is 436. The average Bonchev–Trinajstić information content (AvgIpc) is 2.96. The number of carboxylic acid groups (broad SMARTS) is 1. The smallest absolute Gasteiger partial charge is 0.303 e. The molecule has 4 nitrogen and oxygen atoms in total. The predicted octanol–water partition coefficient (Wildman–Crippen LogP) is 2.78. The third kappa shape index (κ3) is 4.63. The van der Waals surface area contributed by atoms with Crippen LogP contribution in [0.5, 0.6) is 0 Å². The second kappa shape index (κ2) is 7.43. The lowest BCUT2D eigenvalue weighted by molar-refractivity contribution is -0.138. The largest absolute Gasteiger partial charge is 0.481 e. The number of nitrogens with zero attached hydrogens (tertiary/aromatic N) is 1. The molecule has 0 bridgehead atoms. The number of rotatable bonds is 6. The number of piperidine rings is 1. The van der Waals surface area contributed by atoms with Crippen LogP contribution in [0.15, 0.2) is 17.5 Å². The zero-order chi connectivity index (χ0) is 14.4. The van der Waals surface area contributed by atoms with Crippen molar-refractivity contribution < 1.29 is 14.7 Å². The standard InChI is InChI=1S/C15H21NO3S/c17-14(5-4-13-2-1-11-20-13)16-9-7-12(8-10-16)3-6-15(18)19/h1-2,11-12H,3-10H2,(H,18,19). The highest BCUT2D eigenvalue weighted by atomic mass is 32.1. The van der Waals surface area contributed by atoms with Gasteiger partial charge >= 0.3 is 5.97 Å². The van der Waals surface area contributed by atoms with Gasteiger partial charge in [-0.15, -0.1) is 11.3 Å². The zero-order valence-electron chi connectivity index (χ0n) is 11.6. The van der Waals surface area contributed by atoms with Crippen molar-refractivity contribution in [2.45, 2.75) is 38.5 Å². The molecule has 0 atom stereocenters. The Labute approximate surface area is 123 Å². The molecule has 20 heavy (non-hydrogen) atoms. The van der Waals surface area contributed by atoms with E-state index in [9.17, 15) is 9.59 Å². The Morgan fingerprint density at radius 2 is 2.05 bits per heavy atom. The van der Waals surface area contributed by atoms with Crippen LogP contribution in [0.2, 0.25) is 0 Å². The van der Waals surface area contributed by atoms with E-state index in [1.54, 1.807) is 11.3 Å². The van der Waals surface area contributed by atoms with E-state index in [0.29, 0.717) is 12.3 Å². The first-order valence-corrected chi connectivity index (χ1v) is 8.05. The van der Waals surface area contributed by atoms with Crippen molar-refractivity contribution in [3.05, 3.63) is 22.4 Å². The van der Waals surface area contributed by atoms with Gasteiger partial charge in [-0.1, -0.05) is 6.07 Å². The Balaban J connectivity index is 1.67. The molecule has 0 saturated carbocycles. The highest BCUT2D eigenvalue weighted by molar-refractivity contribution is 7.09. The molecule has 110 valence electrons. The normalized spacial score (nSPS) is 16.3. The van der Waals surface area contributed by atoms with Gasteiger partial charge in [0.1, 0.15) is 0 Å². The fourth-order valence-electron chi connectivity index (χ4n) is 2.64. The van der Waals surface area contributed by atoms with Crippen molar-refractivity contribution in [3.8, 4) is 0 Å². The maximum absolute atomic E-state index is 12.1. The highest BCUT2D eigenvalue weighted by Crippen LogP contribution is 2.22. The van der Waals surface area contributed by atoms with Gasteiger partial charge in [-0.3, -0.25) is 9.59 Å². The number of carbonyl (C=O) groups excluding carboxylic acids is 1. The van der Waals surface area contributed by atoms with Gasteiger partial charge in [0.25, 0.3) is 0 Å². The van der Waals surface area contributed by atoms with E-state index in [1.165, 1.54) is 4.88 Å². The summed E-state index contributed by atoms with van der Waals surface area (Å²) in [4.78, 5) is 25.8. The fourth-order valence-corrected chi connectivity index (χ4v) is 3.35. The SMILES string of the molecule is O=C(O)CCC1CCN(C(=O)CCc2cccs2)CC1. The lowest BCUT2D eigenvalue weighted by atomic mass is 9.92. The van der Waals surface area contributed by atoms with Crippen LogP contribution in [-0.4, -0.2) is 35.0 Å². The fraction of sp³-hybridized carbons (Fsp3) is 0.600. The van der Waals surface area contributed by atoms with E-state index in [-0.39, 0.29) is 12.3 Å². The Morgan fingerprint density at radius 3 is 2.65 bits per heavy atom. The third-order valence-electron chi connectivity index (χ3n) is 3.90. The molecule has 0 unspecified atom stereocenters. The molecular weight excluding hydrogens is 274 g/mol. The van der Waals surface area contributed by atoms with Crippen molar-refractivity contribution in [1.29, 1.82) is 0 Å². The Kier molecular flexibility index (Phi) is 5.59. The van der Waals surface area contributed by atoms with Crippen molar-refractivity contribution in [3.63, 3.8) is 0 Å². The summed E-state index contributed by atoms with van der Waals surface area (Å²) in [5, 5.41) is 10.7. The maximum atomic E-state index is 12.1. The summed E-state index contributed by atoms with van der Waals surface area (Å²) >= 11 is 1.69. The van der Waals surface area contributed by atoms with Gasteiger partial charge in [0.15, 0.2) is 0 Å². The molecule has 1 N–H and O–H groups in total. The van der Waals surface area contributed by atoms with E-state index in [0.717, 1.165) is 38.8 Å². The number of carbonyl (C=O) groups is 2. The van der Waals surface area contributed by atoms with Crippen molar-refractivity contribution in [1.82, 2.24) is 4.90 Å². The first-order valence-electron chi connectivity index (χ1n) is 7.17. The van der Waals surface area contributed by atoms with Gasteiger partial charge in [0.2, 0.25) is 5.91 Å². The van der Waals surface area contributed by atoms with Crippen LogP contribution in [0, 0.1) is 5.92 Å². The van der Waals surface area contributed by atoms with Gasteiger partial charge in [-0.05, 0) is 43.0 Å². The van der Waals surface area contributed by atoms with Gasteiger partial charge in [-0.25, -0.2) is 0 Å². The summed E-state index contributed by atoms with van der Waals surface area (Å²) in [5.41, 5.74) is 0. The number of likely N-dealkylation sites (tertiary alicyclic amines) is 1.